The standard InChI is InChI=1S/C39H50N4O2/c1-30-18-19-32(27-31(30)2)20-21-38(44)40-28-35-22-26-43(39(45)37(41-35)17-12-25-42-23-10-5-11-24-42)29-36(33-13-6-3-7-14-33)34-15-8-4-9-16-34/h3-4,6-9,13-16,18-21,27,35-37,41H,5,10-12,17,22-26,28-29H2,1-2H3,(H,40,44)/b21-20+/t35?,37-/m0/s1. The zero-order valence-electron chi connectivity index (χ0n) is 27.1. The molecule has 0 radical (unpaired) electrons. The minimum Gasteiger partial charge on any atom is -0.351 e. The molecule has 3 aromatic carbocycles. The van der Waals surface area contributed by atoms with Crippen molar-refractivity contribution in [3.63, 3.8) is 0 Å². The molecular weight excluding hydrogens is 556 g/mol. The van der Waals surface area contributed by atoms with E-state index in [1.165, 1.54) is 54.6 Å². The van der Waals surface area contributed by atoms with Crippen LogP contribution < -0.4 is 10.6 Å². The molecular formula is C39H50N4O2. The number of rotatable bonds is 12. The number of likely N-dealkylation sites (tertiary alicyclic amines) is 1. The second-order valence-corrected chi connectivity index (χ2v) is 12.8. The molecule has 6 heteroatoms. The number of carbonyl (C=O) groups is 2. The maximum atomic E-state index is 14.2. The van der Waals surface area contributed by atoms with Gasteiger partial charge in [-0.15, -0.1) is 0 Å². The molecule has 45 heavy (non-hydrogen) atoms. The molecule has 2 aliphatic rings. The maximum Gasteiger partial charge on any atom is 0.244 e. The van der Waals surface area contributed by atoms with Gasteiger partial charge in [0.1, 0.15) is 0 Å². The summed E-state index contributed by atoms with van der Waals surface area (Å²) in [6.07, 6.45) is 9.91. The average Bonchev–Trinajstić information content (AvgIpc) is 3.22. The number of carbonyl (C=O) groups excluding carboxylic acids is 2. The predicted octanol–water partition coefficient (Wildman–Crippen LogP) is 6.09. The molecule has 2 N–H and O–H groups in total. The topological polar surface area (TPSA) is 64.7 Å². The van der Waals surface area contributed by atoms with Crippen molar-refractivity contribution < 1.29 is 9.59 Å². The first-order valence-corrected chi connectivity index (χ1v) is 16.9. The molecule has 2 aliphatic heterocycles. The smallest absolute Gasteiger partial charge is 0.244 e. The van der Waals surface area contributed by atoms with Crippen LogP contribution in [0.2, 0.25) is 0 Å². The lowest BCUT2D eigenvalue weighted by molar-refractivity contribution is -0.133. The first-order chi connectivity index (χ1) is 22.0. The van der Waals surface area contributed by atoms with Gasteiger partial charge in [0.2, 0.25) is 11.8 Å². The van der Waals surface area contributed by atoms with E-state index in [-0.39, 0.29) is 29.8 Å². The molecule has 0 aliphatic carbocycles. The lowest BCUT2D eigenvalue weighted by atomic mass is 9.90. The van der Waals surface area contributed by atoms with Crippen molar-refractivity contribution in [1.82, 2.24) is 20.4 Å². The summed E-state index contributed by atoms with van der Waals surface area (Å²) >= 11 is 0. The number of hydrogen-bond acceptors (Lipinski definition) is 4. The van der Waals surface area contributed by atoms with Gasteiger partial charge in [0.05, 0.1) is 6.04 Å². The lowest BCUT2D eigenvalue weighted by Crippen LogP contribution is -2.49. The Balaban J connectivity index is 1.26. The Morgan fingerprint density at radius 2 is 1.60 bits per heavy atom. The monoisotopic (exact) mass is 606 g/mol. The van der Waals surface area contributed by atoms with Gasteiger partial charge in [-0.25, -0.2) is 0 Å². The molecule has 2 saturated heterocycles. The number of benzene rings is 3. The van der Waals surface area contributed by atoms with E-state index >= 15 is 0 Å². The minimum atomic E-state index is -0.266. The van der Waals surface area contributed by atoms with Crippen LogP contribution in [0, 0.1) is 13.8 Å². The summed E-state index contributed by atoms with van der Waals surface area (Å²) in [5, 5.41) is 6.78. The zero-order valence-corrected chi connectivity index (χ0v) is 27.1. The Labute approximate surface area is 269 Å². The van der Waals surface area contributed by atoms with E-state index in [0.29, 0.717) is 19.6 Å². The Hall–Kier alpha value is -3.74. The molecule has 0 aromatic heterocycles. The van der Waals surface area contributed by atoms with Crippen LogP contribution in [-0.4, -0.2) is 73.0 Å². The second kappa shape index (κ2) is 16.5. The number of amides is 2. The van der Waals surface area contributed by atoms with E-state index in [1.54, 1.807) is 6.08 Å². The first-order valence-electron chi connectivity index (χ1n) is 16.9. The van der Waals surface area contributed by atoms with Crippen LogP contribution in [-0.2, 0) is 9.59 Å². The Morgan fingerprint density at radius 1 is 0.911 bits per heavy atom. The van der Waals surface area contributed by atoms with E-state index in [4.69, 9.17) is 0 Å². The highest BCUT2D eigenvalue weighted by Crippen LogP contribution is 2.27. The van der Waals surface area contributed by atoms with Crippen molar-refractivity contribution >= 4 is 17.9 Å². The number of piperidine rings is 1. The van der Waals surface area contributed by atoms with Gasteiger partial charge in [0.15, 0.2) is 0 Å². The van der Waals surface area contributed by atoms with Crippen LogP contribution in [0.25, 0.3) is 6.08 Å². The third-order valence-corrected chi connectivity index (χ3v) is 9.50. The molecule has 0 spiro atoms. The maximum absolute atomic E-state index is 14.2. The van der Waals surface area contributed by atoms with Crippen LogP contribution >= 0.6 is 0 Å². The highest BCUT2D eigenvalue weighted by atomic mass is 16.2. The largest absolute Gasteiger partial charge is 0.351 e. The molecule has 2 fully saturated rings. The predicted molar refractivity (Wildman–Crippen MR) is 184 cm³/mol. The third-order valence-electron chi connectivity index (χ3n) is 9.50. The normalized spacial score (nSPS) is 19.6. The van der Waals surface area contributed by atoms with Crippen molar-refractivity contribution in [3.8, 4) is 0 Å². The number of aryl methyl sites for hydroxylation is 2. The number of nitrogens with one attached hydrogen (secondary N) is 2. The van der Waals surface area contributed by atoms with Crippen LogP contribution in [0.15, 0.2) is 84.9 Å². The highest BCUT2D eigenvalue weighted by molar-refractivity contribution is 5.91. The van der Waals surface area contributed by atoms with Crippen molar-refractivity contribution in [3.05, 3.63) is 113 Å². The number of hydrogen-bond donors (Lipinski definition) is 2. The zero-order chi connectivity index (χ0) is 31.4. The van der Waals surface area contributed by atoms with Crippen molar-refractivity contribution in [1.29, 1.82) is 0 Å². The molecule has 0 bridgehead atoms. The first kappa shape index (κ1) is 32.6. The van der Waals surface area contributed by atoms with Gasteiger partial charge in [0, 0.05) is 37.7 Å². The van der Waals surface area contributed by atoms with Gasteiger partial charge in [0.25, 0.3) is 0 Å². The SMILES string of the molecule is Cc1ccc(/C=C/C(=O)NCC2CCN(CC(c3ccccc3)c3ccccc3)C(=O)[C@H](CCCN3CCCCC3)N2)cc1C. The molecule has 1 unspecified atom stereocenters. The molecule has 3 aromatic rings. The summed E-state index contributed by atoms with van der Waals surface area (Å²) < 4.78 is 0. The lowest BCUT2D eigenvalue weighted by Gasteiger charge is -2.30. The molecule has 2 atom stereocenters. The third kappa shape index (κ3) is 9.62. The van der Waals surface area contributed by atoms with Crippen molar-refractivity contribution in [2.45, 2.75) is 70.4 Å². The van der Waals surface area contributed by atoms with Crippen molar-refractivity contribution in [2.75, 3.05) is 39.3 Å². The quantitative estimate of drug-likeness (QED) is 0.245. The summed E-state index contributed by atoms with van der Waals surface area (Å²) in [4.78, 5) is 31.6. The fourth-order valence-electron chi connectivity index (χ4n) is 6.65. The second-order valence-electron chi connectivity index (χ2n) is 12.8. The van der Waals surface area contributed by atoms with Gasteiger partial charge in [-0.3, -0.25) is 9.59 Å². The van der Waals surface area contributed by atoms with Gasteiger partial charge >= 0.3 is 0 Å². The minimum absolute atomic E-state index is 0.0183. The van der Waals surface area contributed by atoms with Crippen LogP contribution in [0.1, 0.15) is 72.3 Å². The Bertz CT molecular complexity index is 1360. The van der Waals surface area contributed by atoms with Crippen LogP contribution in [0.3, 0.4) is 0 Å². The van der Waals surface area contributed by atoms with E-state index in [1.807, 2.05) is 24.3 Å². The molecule has 6 nitrogen and oxygen atoms in total. The van der Waals surface area contributed by atoms with E-state index in [2.05, 4.69) is 94.9 Å². The molecule has 5 rings (SSSR count). The van der Waals surface area contributed by atoms with Crippen LogP contribution in [0.5, 0.6) is 0 Å². The summed E-state index contributed by atoms with van der Waals surface area (Å²) in [5.41, 5.74) is 5.90. The van der Waals surface area contributed by atoms with Gasteiger partial charge < -0.3 is 20.4 Å². The average molecular weight is 607 g/mol. The number of nitrogens with zero attached hydrogens (tertiary/aromatic N) is 2. The Morgan fingerprint density at radius 3 is 2.27 bits per heavy atom. The van der Waals surface area contributed by atoms with E-state index < -0.39 is 0 Å². The van der Waals surface area contributed by atoms with Crippen molar-refractivity contribution in [2.24, 2.45) is 0 Å². The summed E-state index contributed by atoms with van der Waals surface area (Å²) in [6.45, 7) is 9.31. The summed E-state index contributed by atoms with van der Waals surface area (Å²) in [6, 6.07) is 27.0. The molecule has 0 saturated carbocycles. The molecule has 2 amide bonds. The Kier molecular flexibility index (Phi) is 12.0. The van der Waals surface area contributed by atoms with E-state index in [9.17, 15) is 9.59 Å². The summed E-state index contributed by atoms with van der Waals surface area (Å²) in [5.74, 6) is 0.156. The molecule has 2 heterocycles. The fraction of sp³-hybridized carbons (Fsp3) is 0.436. The van der Waals surface area contributed by atoms with Gasteiger partial charge in [-0.2, -0.15) is 0 Å². The van der Waals surface area contributed by atoms with Gasteiger partial charge in [-0.05, 0) is 99.5 Å². The van der Waals surface area contributed by atoms with Gasteiger partial charge in [-0.1, -0.05) is 85.3 Å². The summed E-state index contributed by atoms with van der Waals surface area (Å²) in [7, 11) is 0. The highest BCUT2D eigenvalue weighted by Gasteiger charge is 2.32. The molecule has 238 valence electrons. The van der Waals surface area contributed by atoms with Crippen LogP contribution in [0.4, 0.5) is 0 Å². The fourth-order valence-corrected chi connectivity index (χ4v) is 6.65. The van der Waals surface area contributed by atoms with E-state index in [0.717, 1.165) is 31.4 Å².